The summed E-state index contributed by atoms with van der Waals surface area (Å²) >= 11 is 0. The van der Waals surface area contributed by atoms with Crippen molar-refractivity contribution in [2.24, 2.45) is 0 Å². The molecule has 7 nitrogen and oxygen atoms in total. The van der Waals surface area contributed by atoms with Gasteiger partial charge in [-0.25, -0.2) is 9.78 Å². The molecule has 2 aliphatic rings. The fraction of sp³-hybridized carbons (Fsp3) is 0.611. The highest BCUT2D eigenvalue weighted by Crippen LogP contribution is 2.22. The van der Waals surface area contributed by atoms with E-state index in [-0.39, 0.29) is 18.0 Å². The first-order valence-electron chi connectivity index (χ1n) is 9.11. The van der Waals surface area contributed by atoms with E-state index in [9.17, 15) is 9.59 Å². The van der Waals surface area contributed by atoms with Crippen molar-refractivity contribution in [3.05, 3.63) is 23.9 Å². The molecule has 0 radical (unpaired) electrons. The molecule has 3 heterocycles. The molecule has 0 aliphatic carbocycles. The van der Waals surface area contributed by atoms with Crippen LogP contribution in [-0.2, 0) is 4.74 Å². The molecule has 2 amide bonds. The third kappa shape index (κ3) is 4.21. The molecule has 7 heteroatoms. The van der Waals surface area contributed by atoms with Gasteiger partial charge in [0.05, 0.1) is 12.2 Å². The second kappa shape index (κ2) is 8.18. The van der Waals surface area contributed by atoms with Crippen LogP contribution in [0, 0.1) is 0 Å². The lowest BCUT2D eigenvalue weighted by Crippen LogP contribution is -2.46. The number of pyridine rings is 1. The Bertz CT molecular complexity index is 608. The van der Waals surface area contributed by atoms with Crippen molar-refractivity contribution in [2.75, 3.05) is 37.7 Å². The van der Waals surface area contributed by atoms with Crippen LogP contribution >= 0.6 is 0 Å². The summed E-state index contributed by atoms with van der Waals surface area (Å²) in [7, 11) is 0. The van der Waals surface area contributed by atoms with Gasteiger partial charge in [0, 0.05) is 38.4 Å². The number of anilines is 1. The summed E-state index contributed by atoms with van der Waals surface area (Å²) in [5, 5.41) is 3.11. The fourth-order valence-electron chi connectivity index (χ4n) is 3.44. The van der Waals surface area contributed by atoms with Crippen LogP contribution in [0.25, 0.3) is 0 Å². The van der Waals surface area contributed by atoms with E-state index < -0.39 is 0 Å². The fourth-order valence-corrected chi connectivity index (χ4v) is 3.44. The summed E-state index contributed by atoms with van der Waals surface area (Å²) in [5.41, 5.74) is 0.636. The zero-order valence-electron chi connectivity index (χ0n) is 14.7. The van der Waals surface area contributed by atoms with Crippen LogP contribution in [0.3, 0.4) is 0 Å². The second-order valence-corrected chi connectivity index (χ2v) is 6.50. The van der Waals surface area contributed by atoms with Crippen molar-refractivity contribution in [3.8, 4) is 0 Å². The van der Waals surface area contributed by atoms with Crippen molar-refractivity contribution >= 4 is 17.8 Å². The number of hydrogen-bond donors (Lipinski definition) is 1. The zero-order valence-corrected chi connectivity index (χ0v) is 14.7. The Morgan fingerprint density at radius 1 is 1.24 bits per heavy atom. The van der Waals surface area contributed by atoms with E-state index in [0.29, 0.717) is 25.3 Å². The largest absolute Gasteiger partial charge is 0.450 e. The third-order valence-electron chi connectivity index (χ3n) is 4.79. The highest BCUT2D eigenvalue weighted by molar-refractivity contribution is 5.99. The molecule has 136 valence electrons. The molecule has 0 spiro atoms. The van der Waals surface area contributed by atoms with Crippen molar-refractivity contribution < 1.29 is 14.3 Å². The van der Waals surface area contributed by atoms with Crippen molar-refractivity contribution in [1.82, 2.24) is 15.2 Å². The second-order valence-electron chi connectivity index (χ2n) is 6.50. The van der Waals surface area contributed by atoms with Gasteiger partial charge in [-0.15, -0.1) is 0 Å². The van der Waals surface area contributed by atoms with Gasteiger partial charge >= 0.3 is 6.09 Å². The summed E-state index contributed by atoms with van der Waals surface area (Å²) < 4.78 is 5.03. The number of carbonyl (C=O) groups is 2. The van der Waals surface area contributed by atoms with Crippen molar-refractivity contribution in [1.29, 1.82) is 0 Å². The molecular formula is C18H26N4O3. The number of hydrogen-bond acceptors (Lipinski definition) is 5. The molecule has 0 atom stereocenters. The van der Waals surface area contributed by atoms with Gasteiger partial charge in [-0.05, 0) is 44.7 Å². The van der Waals surface area contributed by atoms with Gasteiger partial charge in [0.25, 0.3) is 5.91 Å². The number of carbonyl (C=O) groups excluding carboxylic acids is 2. The molecule has 1 aromatic rings. The lowest BCUT2D eigenvalue weighted by molar-refractivity contribution is 0.0860. The normalized spacial score (nSPS) is 18.3. The molecule has 0 unspecified atom stereocenters. The first-order valence-corrected chi connectivity index (χ1v) is 9.11. The molecule has 0 bridgehead atoms. The van der Waals surface area contributed by atoms with Crippen LogP contribution in [0.2, 0.25) is 0 Å². The van der Waals surface area contributed by atoms with Gasteiger partial charge in [-0.3, -0.25) is 4.79 Å². The first-order chi connectivity index (χ1) is 12.2. The van der Waals surface area contributed by atoms with Crippen LogP contribution in [0.1, 0.15) is 43.0 Å². The Morgan fingerprint density at radius 3 is 2.64 bits per heavy atom. The van der Waals surface area contributed by atoms with Crippen molar-refractivity contribution in [2.45, 2.75) is 38.6 Å². The Hall–Kier alpha value is -2.31. The average Bonchev–Trinajstić information content (AvgIpc) is 3.17. The Labute approximate surface area is 148 Å². The molecule has 2 saturated heterocycles. The molecule has 0 saturated carbocycles. The molecule has 0 aromatic carbocycles. The van der Waals surface area contributed by atoms with Gasteiger partial charge in [0.1, 0.15) is 5.82 Å². The first kappa shape index (κ1) is 17.5. The molecule has 1 aromatic heterocycles. The topological polar surface area (TPSA) is 74.8 Å². The summed E-state index contributed by atoms with van der Waals surface area (Å²) in [6.45, 7) is 5.31. The molecular weight excluding hydrogens is 320 g/mol. The molecule has 1 N–H and O–H groups in total. The lowest BCUT2D eigenvalue weighted by atomic mass is 10.0. The van der Waals surface area contributed by atoms with Crippen LogP contribution in [0.5, 0.6) is 0 Å². The van der Waals surface area contributed by atoms with Gasteiger partial charge in [-0.1, -0.05) is 0 Å². The molecule has 25 heavy (non-hydrogen) atoms. The zero-order chi connectivity index (χ0) is 17.6. The highest BCUT2D eigenvalue weighted by Gasteiger charge is 2.26. The number of nitrogens with one attached hydrogen (secondary N) is 1. The highest BCUT2D eigenvalue weighted by atomic mass is 16.6. The van der Waals surface area contributed by atoms with Gasteiger partial charge in [0.15, 0.2) is 0 Å². The SMILES string of the molecule is CCOC(=O)N1CCC(NC(=O)c2cccnc2N2CCCC2)CC1. The number of piperidine rings is 1. The molecule has 2 aliphatic heterocycles. The summed E-state index contributed by atoms with van der Waals surface area (Å²) in [5.74, 6) is 0.700. The minimum absolute atomic E-state index is 0.0739. The number of likely N-dealkylation sites (tertiary alicyclic amines) is 1. The van der Waals surface area contributed by atoms with Crippen LogP contribution in [0.4, 0.5) is 10.6 Å². The number of aromatic nitrogens is 1. The number of ether oxygens (including phenoxy) is 1. The van der Waals surface area contributed by atoms with E-state index in [1.54, 1.807) is 24.1 Å². The Kier molecular flexibility index (Phi) is 5.73. The number of nitrogens with zero attached hydrogens (tertiary/aromatic N) is 3. The summed E-state index contributed by atoms with van der Waals surface area (Å²) in [6, 6.07) is 3.71. The maximum Gasteiger partial charge on any atom is 0.409 e. The molecule has 3 rings (SSSR count). The predicted octanol–water partition coefficient (Wildman–Crippen LogP) is 2.03. The van der Waals surface area contributed by atoms with E-state index in [0.717, 1.165) is 44.6 Å². The smallest absolute Gasteiger partial charge is 0.409 e. The maximum atomic E-state index is 12.7. The minimum Gasteiger partial charge on any atom is -0.450 e. The van der Waals surface area contributed by atoms with E-state index in [4.69, 9.17) is 4.74 Å². The van der Waals surface area contributed by atoms with Crippen LogP contribution in [0.15, 0.2) is 18.3 Å². The standard InChI is InChI=1S/C18H26N4O3/c1-2-25-18(24)22-12-7-14(8-13-22)20-17(23)15-6-5-9-19-16(15)21-10-3-4-11-21/h5-6,9,14H,2-4,7-8,10-13H2,1H3,(H,20,23). The number of amides is 2. The molecule has 2 fully saturated rings. The van der Waals surface area contributed by atoms with Gasteiger partial charge in [-0.2, -0.15) is 0 Å². The maximum absolute atomic E-state index is 12.7. The quantitative estimate of drug-likeness (QED) is 0.903. The average molecular weight is 346 g/mol. The van der Waals surface area contributed by atoms with E-state index in [2.05, 4.69) is 15.2 Å². The lowest BCUT2D eigenvalue weighted by Gasteiger charge is -2.31. The van der Waals surface area contributed by atoms with Gasteiger partial charge < -0.3 is 19.9 Å². The third-order valence-corrected chi connectivity index (χ3v) is 4.79. The summed E-state index contributed by atoms with van der Waals surface area (Å²) in [4.78, 5) is 32.8. The van der Waals surface area contributed by atoms with E-state index in [1.807, 2.05) is 6.07 Å². The van der Waals surface area contributed by atoms with Crippen molar-refractivity contribution in [3.63, 3.8) is 0 Å². The number of rotatable bonds is 4. The Morgan fingerprint density at radius 2 is 1.96 bits per heavy atom. The minimum atomic E-state index is -0.268. The monoisotopic (exact) mass is 346 g/mol. The van der Waals surface area contributed by atoms with E-state index in [1.165, 1.54) is 0 Å². The van der Waals surface area contributed by atoms with Crippen LogP contribution < -0.4 is 10.2 Å². The predicted molar refractivity (Wildman–Crippen MR) is 94.8 cm³/mol. The summed E-state index contributed by atoms with van der Waals surface area (Å²) in [6.07, 6.45) is 5.24. The van der Waals surface area contributed by atoms with Gasteiger partial charge in [0.2, 0.25) is 0 Å². The van der Waals surface area contributed by atoms with E-state index >= 15 is 0 Å². The van der Waals surface area contributed by atoms with Crippen LogP contribution in [-0.4, -0.2) is 60.7 Å². The Balaban J connectivity index is 1.58.